The molecule has 0 bridgehead atoms. The van der Waals surface area contributed by atoms with Gasteiger partial charge in [-0.3, -0.25) is 9.69 Å². The lowest BCUT2D eigenvalue weighted by molar-refractivity contribution is -0.136. The van der Waals surface area contributed by atoms with Gasteiger partial charge in [-0.1, -0.05) is 6.07 Å². The van der Waals surface area contributed by atoms with Gasteiger partial charge in [-0.05, 0) is 30.7 Å². The van der Waals surface area contributed by atoms with Crippen LogP contribution in [0.2, 0.25) is 0 Å². The summed E-state index contributed by atoms with van der Waals surface area (Å²) in [7, 11) is 1.47. The number of carbonyl (C=O) groups excluding carboxylic acids is 1. The van der Waals surface area contributed by atoms with Crippen molar-refractivity contribution in [1.82, 2.24) is 15.1 Å². The number of halogens is 1. The third-order valence-electron chi connectivity index (χ3n) is 4.72. The van der Waals surface area contributed by atoms with Crippen LogP contribution in [0.3, 0.4) is 0 Å². The van der Waals surface area contributed by atoms with E-state index in [0.717, 1.165) is 51.3 Å². The number of piperazine rings is 1. The van der Waals surface area contributed by atoms with Crippen LogP contribution in [0, 0.1) is 11.7 Å². The second kappa shape index (κ2) is 7.27. The molecular weight excluding hydrogens is 297 g/mol. The van der Waals surface area contributed by atoms with Gasteiger partial charge >= 0.3 is 0 Å². The Morgan fingerprint density at radius 2 is 2.13 bits per heavy atom. The van der Waals surface area contributed by atoms with Crippen LogP contribution in [0.25, 0.3) is 0 Å². The number of rotatable bonds is 4. The standard InChI is InChI=1S/C17H24FN3O2/c1-23-16-3-2-13(10-15(16)18)12-20-6-8-21(9-7-20)17(22)14-4-5-19-11-14/h2-3,10,14,19H,4-9,11-12H2,1H3. The highest BCUT2D eigenvalue weighted by molar-refractivity contribution is 5.79. The number of carbonyl (C=O) groups is 1. The third kappa shape index (κ3) is 3.82. The molecule has 0 spiro atoms. The van der Waals surface area contributed by atoms with Gasteiger partial charge in [-0.15, -0.1) is 0 Å². The number of nitrogens with one attached hydrogen (secondary N) is 1. The zero-order valence-corrected chi connectivity index (χ0v) is 13.6. The van der Waals surface area contributed by atoms with E-state index in [1.165, 1.54) is 13.2 Å². The first-order chi connectivity index (χ1) is 11.2. The summed E-state index contributed by atoms with van der Waals surface area (Å²) in [6.45, 7) is 5.64. The van der Waals surface area contributed by atoms with Gasteiger partial charge in [0, 0.05) is 39.3 Å². The average Bonchev–Trinajstić information content (AvgIpc) is 3.09. The van der Waals surface area contributed by atoms with E-state index in [2.05, 4.69) is 10.2 Å². The lowest BCUT2D eigenvalue weighted by Gasteiger charge is -2.36. The van der Waals surface area contributed by atoms with Crippen LogP contribution in [0.4, 0.5) is 4.39 Å². The molecule has 6 heteroatoms. The van der Waals surface area contributed by atoms with E-state index >= 15 is 0 Å². The summed E-state index contributed by atoms with van der Waals surface area (Å²) < 4.78 is 18.7. The molecule has 0 radical (unpaired) electrons. The highest BCUT2D eigenvalue weighted by Crippen LogP contribution is 2.19. The van der Waals surface area contributed by atoms with Crippen molar-refractivity contribution in [3.05, 3.63) is 29.6 Å². The van der Waals surface area contributed by atoms with E-state index in [0.29, 0.717) is 6.54 Å². The normalized spacial score (nSPS) is 22.3. The molecule has 2 aliphatic heterocycles. The minimum Gasteiger partial charge on any atom is -0.494 e. The first-order valence-corrected chi connectivity index (χ1v) is 8.21. The third-order valence-corrected chi connectivity index (χ3v) is 4.72. The Hall–Kier alpha value is -1.66. The number of nitrogens with zero attached hydrogens (tertiary/aromatic N) is 2. The van der Waals surface area contributed by atoms with Crippen molar-refractivity contribution in [1.29, 1.82) is 0 Å². The first kappa shape index (κ1) is 16.2. The molecule has 2 fully saturated rings. The molecule has 0 aromatic heterocycles. The minimum atomic E-state index is -0.326. The van der Waals surface area contributed by atoms with Gasteiger partial charge in [-0.2, -0.15) is 0 Å². The lowest BCUT2D eigenvalue weighted by Crippen LogP contribution is -2.50. The molecule has 5 nitrogen and oxygen atoms in total. The van der Waals surface area contributed by atoms with Gasteiger partial charge in [0.2, 0.25) is 5.91 Å². The maximum atomic E-state index is 13.7. The van der Waals surface area contributed by atoms with Crippen LogP contribution in [-0.4, -0.2) is 62.1 Å². The van der Waals surface area contributed by atoms with Crippen molar-refractivity contribution in [2.75, 3.05) is 46.4 Å². The fraction of sp³-hybridized carbons (Fsp3) is 0.588. The molecule has 1 N–H and O–H groups in total. The Balaban J connectivity index is 1.51. The maximum Gasteiger partial charge on any atom is 0.227 e. The van der Waals surface area contributed by atoms with E-state index in [-0.39, 0.29) is 23.4 Å². The van der Waals surface area contributed by atoms with Gasteiger partial charge in [0.25, 0.3) is 0 Å². The Morgan fingerprint density at radius 3 is 2.74 bits per heavy atom. The van der Waals surface area contributed by atoms with Gasteiger partial charge < -0.3 is 15.0 Å². The van der Waals surface area contributed by atoms with Crippen LogP contribution in [0.15, 0.2) is 18.2 Å². The Kier molecular flexibility index (Phi) is 5.13. The summed E-state index contributed by atoms with van der Waals surface area (Å²) in [5.74, 6) is 0.379. The van der Waals surface area contributed by atoms with E-state index in [1.807, 2.05) is 11.0 Å². The fourth-order valence-corrected chi connectivity index (χ4v) is 3.32. The van der Waals surface area contributed by atoms with Crippen LogP contribution in [0.1, 0.15) is 12.0 Å². The number of hydrogen-bond acceptors (Lipinski definition) is 4. The Morgan fingerprint density at radius 1 is 1.35 bits per heavy atom. The molecule has 2 saturated heterocycles. The highest BCUT2D eigenvalue weighted by Gasteiger charge is 2.29. The summed E-state index contributed by atoms with van der Waals surface area (Å²) in [5.41, 5.74) is 0.933. The monoisotopic (exact) mass is 321 g/mol. The summed E-state index contributed by atoms with van der Waals surface area (Å²) in [6, 6.07) is 5.09. The lowest BCUT2D eigenvalue weighted by atomic mass is 10.1. The first-order valence-electron chi connectivity index (χ1n) is 8.21. The van der Waals surface area contributed by atoms with Crippen molar-refractivity contribution in [2.24, 2.45) is 5.92 Å². The van der Waals surface area contributed by atoms with Crippen molar-refractivity contribution in [3.63, 3.8) is 0 Å². The van der Waals surface area contributed by atoms with Crippen molar-refractivity contribution < 1.29 is 13.9 Å². The number of methoxy groups -OCH3 is 1. The van der Waals surface area contributed by atoms with Crippen molar-refractivity contribution in [3.8, 4) is 5.75 Å². The van der Waals surface area contributed by atoms with Crippen molar-refractivity contribution in [2.45, 2.75) is 13.0 Å². The van der Waals surface area contributed by atoms with E-state index in [9.17, 15) is 9.18 Å². The molecule has 1 atom stereocenters. The summed E-state index contributed by atoms with van der Waals surface area (Å²) in [6.07, 6.45) is 0.949. The van der Waals surface area contributed by atoms with Gasteiger partial charge in [-0.25, -0.2) is 4.39 Å². The second-order valence-corrected chi connectivity index (χ2v) is 6.26. The molecular formula is C17H24FN3O2. The number of amides is 1. The van der Waals surface area contributed by atoms with Gasteiger partial charge in [0.05, 0.1) is 13.0 Å². The molecule has 1 unspecified atom stereocenters. The molecule has 0 aliphatic carbocycles. The summed E-state index contributed by atoms with van der Waals surface area (Å²) >= 11 is 0. The SMILES string of the molecule is COc1ccc(CN2CCN(C(=O)C3CCNC3)CC2)cc1F. The zero-order chi connectivity index (χ0) is 16.2. The highest BCUT2D eigenvalue weighted by atomic mass is 19.1. The smallest absolute Gasteiger partial charge is 0.227 e. The maximum absolute atomic E-state index is 13.7. The van der Waals surface area contributed by atoms with E-state index in [1.54, 1.807) is 6.07 Å². The van der Waals surface area contributed by atoms with Crippen LogP contribution >= 0.6 is 0 Å². The second-order valence-electron chi connectivity index (χ2n) is 6.26. The average molecular weight is 321 g/mol. The topological polar surface area (TPSA) is 44.8 Å². The molecule has 0 saturated carbocycles. The Labute approximate surface area is 136 Å². The summed E-state index contributed by atoms with van der Waals surface area (Å²) in [4.78, 5) is 16.6. The molecule has 23 heavy (non-hydrogen) atoms. The van der Waals surface area contributed by atoms with E-state index in [4.69, 9.17) is 4.74 Å². The van der Waals surface area contributed by atoms with E-state index < -0.39 is 0 Å². The Bertz CT molecular complexity index is 553. The molecule has 126 valence electrons. The number of hydrogen-bond donors (Lipinski definition) is 1. The molecule has 1 amide bonds. The number of benzene rings is 1. The van der Waals surface area contributed by atoms with Crippen molar-refractivity contribution >= 4 is 5.91 Å². The number of ether oxygens (including phenoxy) is 1. The van der Waals surface area contributed by atoms with Crippen LogP contribution < -0.4 is 10.1 Å². The zero-order valence-electron chi connectivity index (χ0n) is 13.6. The fourth-order valence-electron chi connectivity index (χ4n) is 3.32. The quantitative estimate of drug-likeness (QED) is 0.902. The molecule has 1 aromatic carbocycles. The largest absolute Gasteiger partial charge is 0.494 e. The van der Waals surface area contributed by atoms with Crippen LogP contribution in [-0.2, 0) is 11.3 Å². The molecule has 2 heterocycles. The van der Waals surface area contributed by atoms with Gasteiger partial charge in [0.15, 0.2) is 11.6 Å². The predicted octanol–water partition coefficient (Wildman–Crippen LogP) is 1.09. The molecule has 1 aromatic rings. The van der Waals surface area contributed by atoms with Crippen LogP contribution in [0.5, 0.6) is 5.75 Å². The summed E-state index contributed by atoms with van der Waals surface area (Å²) in [5, 5.41) is 3.24. The minimum absolute atomic E-state index is 0.150. The molecule has 2 aliphatic rings. The molecule has 3 rings (SSSR count). The van der Waals surface area contributed by atoms with Gasteiger partial charge in [0.1, 0.15) is 0 Å². The predicted molar refractivity (Wildman–Crippen MR) is 85.8 cm³/mol.